The fourth-order valence-electron chi connectivity index (χ4n) is 1.13. The molecule has 0 unspecified atom stereocenters. The number of methoxy groups -OCH3 is 1. The van der Waals surface area contributed by atoms with Crippen LogP contribution in [0.5, 0.6) is 5.75 Å². The average molecular weight is 211 g/mol. The van der Waals surface area contributed by atoms with Crippen molar-refractivity contribution >= 4 is 11.7 Å². The molecule has 80 valence electrons. The number of esters is 1. The maximum Gasteiger partial charge on any atom is 0.341 e. The number of phenolic OH excluding ortho intramolecular Hbond substituents is 1. The SMILES string of the molecule is COC(=O)c1cc([N+](=O)[O-])cc(C)c1O. The minimum Gasteiger partial charge on any atom is -0.507 e. The highest BCUT2D eigenvalue weighted by molar-refractivity contribution is 5.93. The summed E-state index contributed by atoms with van der Waals surface area (Å²) in [4.78, 5) is 21.0. The quantitative estimate of drug-likeness (QED) is 0.453. The third-order valence-corrected chi connectivity index (χ3v) is 1.90. The van der Waals surface area contributed by atoms with Gasteiger partial charge in [-0.3, -0.25) is 10.1 Å². The molecule has 0 amide bonds. The van der Waals surface area contributed by atoms with Crippen molar-refractivity contribution in [3.63, 3.8) is 0 Å². The molecule has 1 rings (SSSR count). The number of rotatable bonds is 2. The van der Waals surface area contributed by atoms with Crippen LogP contribution in [0.25, 0.3) is 0 Å². The van der Waals surface area contributed by atoms with Crippen molar-refractivity contribution in [1.82, 2.24) is 0 Å². The summed E-state index contributed by atoms with van der Waals surface area (Å²) in [5, 5.41) is 20.0. The molecule has 0 heterocycles. The van der Waals surface area contributed by atoms with Crippen molar-refractivity contribution < 1.29 is 19.6 Å². The molecule has 6 nitrogen and oxygen atoms in total. The van der Waals surface area contributed by atoms with Gasteiger partial charge in [-0.25, -0.2) is 4.79 Å². The Balaban J connectivity index is 3.37. The van der Waals surface area contributed by atoms with Crippen LogP contribution in [-0.4, -0.2) is 23.1 Å². The van der Waals surface area contributed by atoms with E-state index in [1.807, 2.05) is 0 Å². The first-order valence-corrected chi connectivity index (χ1v) is 4.03. The lowest BCUT2D eigenvalue weighted by Gasteiger charge is -2.04. The van der Waals surface area contributed by atoms with Gasteiger partial charge in [-0.1, -0.05) is 0 Å². The molecule has 1 aromatic carbocycles. The number of carbonyl (C=O) groups is 1. The third-order valence-electron chi connectivity index (χ3n) is 1.90. The molecule has 1 aromatic rings. The summed E-state index contributed by atoms with van der Waals surface area (Å²) in [6, 6.07) is 2.16. The molecule has 0 aliphatic heterocycles. The van der Waals surface area contributed by atoms with Crippen molar-refractivity contribution in [1.29, 1.82) is 0 Å². The standard InChI is InChI=1S/C9H9NO5/c1-5-3-6(10(13)14)4-7(8(5)11)9(12)15-2/h3-4,11H,1-2H3. The number of phenols is 1. The predicted octanol–water partition coefficient (Wildman–Crippen LogP) is 1.40. The maximum atomic E-state index is 11.2. The van der Waals surface area contributed by atoms with E-state index in [1.54, 1.807) is 0 Å². The molecule has 6 heteroatoms. The fourth-order valence-corrected chi connectivity index (χ4v) is 1.13. The van der Waals surface area contributed by atoms with E-state index in [1.165, 1.54) is 13.0 Å². The second-order valence-electron chi connectivity index (χ2n) is 2.91. The first-order chi connectivity index (χ1) is 6.97. The van der Waals surface area contributed by atoms with E-state index in [4.69, 9.17) is 0 Å². The van der Waals surface area contributed by atoms with Crippen LogP contribution >= 0.6 is 0 Å². The first-order valence-electron chi connectivity index (χ1n) is 4.03. The lowest BCUT2D eigenvalue weighted by atomic mass is 10.1. The lowest BCUT2D eigenvalue weighted by Crippen LogP contribution is -2.03. The zero-order chi connectivity index (χ0) is 11.6. The Hall–Kier alpha value is -2.11. The molecular weight excluding hydrogens is 202 g/mol. The Morgan fingerprint density at radius 2 is 2.13 bits per heavy atom. The van der Waals surface area contributed by atoms with Crippen molar-refractivity contribution in [2.75, 3.05) is 7.11 Å². The van der Waals surface area contributed by atoms with E-state index < -0.39 is 10.9 Å². The monoisotopic (exact) mass is 211 g/mol. The zero-order valence-corrected chi connectivity index (χ0v) is 8.18. The van der Waals surface area contributed by atoms with Crippen LogP contribution in [0.4, 0.5) is 5.69 Å². The third kappa shape index (κ3) is 2.04. The largest absolute Gasteiger partial charge is 0.507 e. The molecule has 0 aromatic heterocycles. The van der Waals surface area contributed by atoms with E-state index in [0.717, 1.165) is 13.2 Å². The number of ether oxygens (including phenoxy) is 1. The van der Waals surface area contributed by atoms with Crippen LogP contribution in [0, 0.1) is 17.0 Å². The Morgan fingerprint density at radius 3 is 2.60 bits per heavy atom. The lowest BCUT2D eigenvalue weighted by molar-refractivity contribution is -0.385. The molecule has 0 spiro atoms. The number of aryl methyl sites for hydroxylation is 1. The zero-order valence-electron chi connectivity index (χ0n) is 8.18. The minimum atomic E-state index is -0.806. The number of nitro groups is 1. The normalized spacial score (nSPS) is 9.73. The number of nitro benzene ring substituents is 1. The van der Waals surface area contributed by atoms with Gasteiger partial charge in [0.25, 0.3) is 5.69 Å². The van der Waals surface area contributed by atoms with Gasteiger partial charge < -0.3 is 9.84 Å². The molecule has 0 aliphatic rings. The second-order valence-corrected chi connectivity index (χ2v) is 2.91. The summed E-state index contributed by atoms with van der Waals surface area (Å²) >= 11 is 0. The van der Waals surface area contributed by atoms with E-state index in [0.29, 0.717) is 0 Å². The van der Waals surface area contributed by atoms with Crippen molar-refractivity contribution in [2.24, 2.45) is 0 Å². The van der Waals surface area contributed by atoms with E-state index in [9.17, 15) is 20.0 Å². The molecular formula is C9H9NO5. The number of carbonyl (C=O) groups excluding carboxylic acids is 1. The highest BCUT2D eigenvalue weighted by Gasteiger charge is 2.19. The van der Waals surface area contributed by atoms with Gasteiger partial charge >= 0.3 is 5.97 Å². The molecule has 0 bridgehead atoms. The van der Waals surface area contributed by atoms with Crippen LogP contribution in [0.3, 0.4) is 0 Å². The predicted molar refractivity (Wildman–Crippen MR) is 50.8 cm³/mol. The molecule has 15 heavy (non-hydrogen) atoms. The van der Waals surface area contributed by atoms with Crippen molar-refractivity contribution in [3.05, 3.63) is 33.4 Å². The number of hydrogen-bond donors (Lipinski definition) is 1. The summed E-state index contributed by atoms with van der Waals surface area (Å²) < 4.78 is 4.39. The van der Waals surface area contributed by atoms with E-state index in [-0.39, 0.29) is 22.6 Å². The first kappa shape index (κ1) is 11.0. The van der Waals surface area contributed by atoms with Gasteiger partial charge in [-0.15, -0.1) is 0 Å². The molecule has 0 radical (unpaired) electrons. The topological polar surface area (TPSA) is 89.7 Å². The summed E-state index contributed by atoms with van der Waals surface area (Å²) in [7, 11) is 1.13. The van der Waals surface area contributed by atoms with E-state index >= 15 is 0 Å². The number of aromatic hydroxyl groups is 1. The van der Waals surface area contributed by atoms with Gasteiger partial charge in [0.05, 0.1) is 12.0 Å². The second kappa shape index (κ2) is 3.95. The smallest absolute Gasteiger partial charge is 0.341 e. The Bertz CT molecular complexity index is 427. The number of nitrogens with zero attached hydrogens (tertiary/aromatic N) is 1. The van der Waals surface area contributed by atoms with Gasteiger partial charge in [0, 0.05) is 12.1 Å². The molecule has 0 aliphatic carbocycles. The van der Waals surface area contributed by atoms with Gasteiger partial charge in [-0.05, 0) is 12.5 Å². The molecule has 0 saturated heterocycles. The van der Waals surface area contributed by atoms with Crippen molar-refractivity contribution in [2.45, 2.75) is 6.92 Å². The Morgan fingerprint density at radius 1 is 1.53 bits per heavy atom. The van der Waals surface area contributed by atoms with Gasteiger partial charge in [0.15, 0.2) is 0 Å². The number of non-ortho nitro benzene ring substituents is 1. The summed E-state index contributed by atoms with van der Waals surface area (Å²) in [6.07, 6.45) is 0. The van der Waals surface area contributed by atoms with E-state index in [2.05, 4.69) is 4.74 Å². The summed E-state index contributed by atoms with van der Waals surface area (Å²) in [5.74, 6) is -1.10. The highest BCUT2D eigenvalue weighted by Crippen LogP contribution is 2.27. The highest BCUT2D eigenvalue weighted by atomic mass is 16.6. The maximum absolute atomic E-state index is 11.2. The van der Waals surface area contributed by atoms with Crippen LogP contribution in [-0.2, 0) is 4.74 Å². The van der Waals surface area contributed by atoms with Crippen LogP contribution < -0.4 is 0 Å². The van der Waals surface area contributed by atoms with Gasteiger partial charge in [0.1, 0.15) is 11.3 Å². The Kier molecular flexibility index (Phi) is 2.89. The minimum absolute atomic E-state index is 0.204. The fraction of sp³-hybridized carbons (Fsp3) is 0.222. The number of benzene rings is 1. The molecule has 0 saturated carbocycles. The average Bonchev–Trinajstić information content (AvgIpc) is 2.20. The van der Waals surface area contributed by atoms with Crippen LogP contribution in [0.2, 0.25) is 0 Å². The molecule has 0 fully saturated rings. The Labute approximate surface area is 85.2 Å². The molecule has 1 N–H and O–H groups in total. The van der Waals surface area contributed by atoms with Crippen LogP contribution in [0.1, 0.15) is 15.9 Å². The van der Waals surface area contributed by atoms with Crippen LogP contribution in [0.15, 0.2) is 12.1 Å². The number of hydrogen-bond acceptors (Lipinski definition) is 5. The van der Waals surface area contributed by atoms with Crippen molar-refractivity contribution in [3.8, 4) is 5.75 Å². The summed E-state index contributed by atoms with van der Waals surface area (Å²) in [5.41, 5.74) is -0.209. The van der Waals surface area contributed by atoms with Gasteiger partial charge in [0.2, 0.25) is 0 Å². The summed E-state index contributed by atoms with van der Waals surface area (Å²) in [6.45, 7) is 1.47. The van der Waals surface area contributed by atoms with Gasteiger partial charge in [-0.2, -0.15) is 0 Å². The molecule has 0 atom stereocenters.